The lowest BCUT2D eigenvalue weighted by molar-refractivity contribution is -0.137. The van der Waals surface area contributed by atoms with Gasteiger partial charge in [0, 0.05) is 13.0 Å². The number of unbranched alkanes of at least 4 members (excludes halogenated alkanes) is 12. The highest BCUT2D eigenvalue weighted by Gasteiger charge is 2.27. The van der Waals surface area contributed by atoms with E-state index < -0.39 is 16.0 Å². The maximum absolute atomic E-state index is 12.1. The number of aliphatic carboxylic acids is 1. The van der Waals surface area contributed by atoms with Gasteiger partial charge in [-0.1, -0.05) is 83.5 Å². The van der Waals surface area contributed by atoms with E-state index in [1.54, 1.807) is 0 Å². The summed E-state index contributed by atoms with van der Waals surface area (Å²) in [6.45, 7) is 0.602. The Morgan fingerprint density at radius 3 is 1.59 bits per heavy atom. The summed E-state index contributed by atoms with van der Waals surface area (Å²) in [5.41, 5.74) is 0. The Morgan fingerprint density at radius 2 is 1.15 bits per heavy atom. The molecule has 0 aliphatic heterocycles. The minimum Gasteiger partial charge on any atom is -0.481 e. The Labute approximate surface area is 166 Å². The third kappa shape index (κ3) is 13.2. The van der Waals surface area contributed by atoms with Gasteiger partial charge in [-0.3, -0.25) is 4.79 Å². The van der Waals surface area contributed by atoms with Gasteiger partial charge in [0.05, 0.1) is 5.25 Å². The SMILES string of the molecule is O=C(O)CCCCCCCCCCCCCCCNS(=O)(=O)C1CCCC1. The van der Waals surface area contributed by atoms with E-state index in [0.29, 0.717) is 13.0 Å². The van der Waals surface area contributed by atoms with Crippen molar-refractivity contribution < 1.29 is 18.3 Å². The molecule has 0 spiro atoms. The van der Waals surface area contributed by atoms with E-state index in [1.807, 2.05) is 0 Å². The molecule has 1 aliphatic carbocycles. The van der Waals surface area contributed by atoms with Crippen molar-refractivity contribution in [3.63, 3.8) is 0 Å². The quantitative estimate of drug-likeness (QED) is 0.300. The van der Waals surface area contributed by atoms with Crippen LogP contribution in [0.15, 0.2) is 0 Å². The molecule has 0 amide bonds. The molecule has 0 aromatic carbocycles. The first-order valence-corrected chi connectivity index (χ1v) is 12.8. The molecule has 6 heteroatoms. The van der Waals surface area contributed by atoms with E-state index in [0.717, 1.165) is 57.8 Å². The van der Waals surface area contributed by atoms with Gasteiger partial charge in [-0.15, -0.1) is 0 Å². The van der Waals surface area contributed by atoms with Gasteiger partial charge in [0.25, 0.3) is 0 Å². The van der Waals surface area contributed by atoms with Crippen LogP contribution >= 0.6 is 0 Å². The molecule has 0 aromatic rings. The molecule has 0 aromatic heterocycles. The van der Waals surface area contributed by atoms with Crippen LogP contribution in [-0.2, 0) is 14.8 Å². The van der Waals surface area contributed by atoms with Crippen molar-refractivity contribution in [2.75, 3.05) is 6.54 Å². The smallest absolute Gasteiger partial charge is 0.303 e. The normalized spacial score (nSPS) is 15.4. The third-order valence-electron chi connectivity index (χ3n) is 5.61. The van der Waals surface area contributed by atoms with Crippen LogP contribution in [0.4, 0.5) is 0 Å². The summed E-state index contributed by atoms with van der Waals surface area (Å²) < 4.78 is 26.9. The van der Waals surface area contributed by atoms with Gasteiger partial charge < -0.3 is 5.11 Å². The van der Waals surface area contributed by atoms with Gasteiger partial charge in [0.15, 0.2) is 0 Å². The highest BCUT2D eigenvalue weighted by molar-refractivity contribution is 7.90. The maximum atomic E-state index is 12.1. The lowest BCUT2D eigenvalue weighted by Crippen LogP contribution is -2.33. The lowest BCUT2D eigenvalue weighted by atomic mass is 10.0. The van der Waals surface area contributed by atoms with Crippen LogP contribution < -0.4 is 4.72 Å². The van der Waals surface area contributed by atoms with E-state index in [1.165, 1.54) is 51.4 Å². The van der Waals surface area contributed by atoms with E-state index in [9.17, 15) is 13.2 Å². The Bertz CT molecular complexity index is 473. The predicted molar refractivity (Wildman–Crippen MR) is 111 cm³/mol. The van der Waals surface area contributed by atoms with Crippen LogP contribution in [0, 0.1) is 0 Å². The molecule has 0 saturated heterocycles. The van der Waals surface area contributed by atoms with Gasteiger partial charge >= 0.3 is 5.97 Å². The zero-order valence-corrected chi connectivity index (χ0v) is 17.9. The van der Waals surface area contributed by atoms with Crippen molar-refractivity contribution in [2.45, 2.75) is 121 Å². The fraction of sp³-hybridized carbons (Fsp3) is 0.952. The summed E-state index contributed by atoms with van der Waals surface area (Å²) in [6.07, 6.45) is 19.3. The molecule has 0 heterocycles. The number of rotatable bonds is 18. The van der Waals surface area contributed by atoms with Crippen LogP contribution in [0.25, 0.3) is 0 Å². The average molecular weight is 404 g/mol. The molecule has 5 nitrogen and oxygen atoms in total. The molecule has 1 saturated carbocycles. The molecule has 0 atom stereocenters. The molecule has 2 N–H and O–H groups in total. The van der Waals surface area contributed by atoms with Crippen LogP contribution in [0.1, 0.15) is 116 Å². The predicted octanol–water partition coefficient (Wildman–Crippen LogP) is 5.39. The van der Waals surface area contributed by atoms with Gasteiger partial charge in [0.1, 0.15) is 0 Å². The molecule has 0 radical (unpaired) electrons. The summed E-state index contributed by atoms with van der Waals surface area (Å²) in [5.74, 6) is -0.680. The zero-order chi connectivity index (χ0) is 19.8. The Morgan fingerprint density at radius 1 is 0.741 bits per heavy atom. The van der Waals surface area contributed by atoms with Gasteiger partial charge in [-0.2, -0.15) is 0 Å². The van der Waals surface area contributed by atoms with Gasteiger partial charge in [-0.25, -0.2) is 13.1 Å². The minimum atomic E-state index is -3.06. The fourth-order valence-corrected chi connectivity index (χ4v) is 5.50. The first-order valence-electron chi connectivity index (χ1n) is 11.2. The second-order valence-corrected chi connectivity index (χ2v) is 10.1. The summed E-state index contributed by atoms with van der Waals surface area (Å²) in [7, 11) is -3.06. The summed E-state index contributed by atoms with van der Waals surface area (Å²) in [5, 5.41) is 8.43. The lowest BCUT2D eigenvalue weighted by Gasteiger charge is -2.12. The molecule has 1 rings (SSSR count). The van der Waals surface area contributed by atoms with Crippen molar-refractivity contribution in [2.24, 2.45) is 0 Å². The second kappa shape index (κ2) is 15.3. The minimum absolute atomic E-state index is 0.137. The van der Waals surface area contributed by atoms with Gasteiger partial charge in [-0.05, 0) is 25.7 Å². The van der Waals surface area contributed by atoms with Crippen molar-refractivity contribution in [3.8, 4) is 0 Å². The summed E-state index contributed by atoms with van der Waals surface area (Å²) in [4.78, 5) is 10.4. The highest BCUT2D eigenvalue weighted by atomic mass is 32.2. The largest absolute Gasteiger partial charge is 0.481 e. The standard InChI is InChI=1S/C21H41NO4S/c23-21(24)18-12-10-8-6-4-2-1-3-5-7-9-11-15-19-22-27(25,26)20-16-13-14-17-20/h20,22H,1-19H2,(H,23,24). The van der Waals surface area contributed by atoms with Crippen LogP contribution in [-0.4, -0.2) is 31.3 Å². The van der Waals surface area contributed by atoms with E-state index >= 15 is 0 Å². The zero-order valence-electron chi connectivity index (χ0n) is 17.1. The molecule has 160 valence electrons. The molecule has 0 unspecified atom stereocenters. The first kappa shape index (κ1) is 24.4. The van der Waals surface area contributed by atoms with E-state index in [-0.39, 0.29) is 5.25 Å². The van der Waals surface area contributed by atoms with Crippen LogP contribution in [0.3, 0.4) is 0 Å². The number of nitrogens with one attached hydrogen (secondary N) is 1. The number of carboxylic acid groups (broad SMARTS) is 1. The average Bonchev–Trinajstić information content (AvgIpc) is 3.16. The molecule has 1 aliphatic rings. The van der Waals surface area contributed by atoms with E-state index in [4.69, 9.17) is 5.11 Å². The molecule has 27 heavy (non-hydrogen) atoms. The van der Waals surface area contributed by atoms with Crippen molar-refractivity contribution in [3.05, 3.63) is 0 Å². The fourth-order valence-electron chi connectivity index (χ4n) is 3.88. The second-order valence-electron chi connectivity index (χ2n) is 8.09. The molecular formula is C21H41NO4S. The Kier molecular flexibility index (Phi) is 13.9. The molecule has 0 bridgehead atoms. The summed E-state index contributed by atoms with van der Waals surface area (Å²) >= 11 is 0. The first-order chi connectivity index (χ1) is 13.0. The van der Waals surface area contributed by atoms with Crippen molar-refractivity contribution in [1.82, 2.24) is 4.72 Å². The number of hydrogen-bond acceptors (Lipinski definition) is 3. The Hall–Kier alpha value is -0.620. The number of carbonyl (C=O) groups is 1. The highest BCUT2D eigenvalue weighted by Crippen LogP contribution is 2.23. The summed E-state index contributed by atoms with van der Waals surface area (Å²) in [6, 6.07) is 0. The van der Waals surface area contributed by atoms with Crippen molar-refractivity contribution >= 4 is 16.0 Å². The van der Waals surface area contributed by atoms with Crippen LogP contribution in [0.5, 0.6) is 0 Å². The maximum Gasteiger partial charge on any atom is 0.303 e. The molecular weight excluding hydrogens is 362 g/mol. The Balaban J connectivity index is 1.77. The number of carboxylic acids is 1. The van der Waals surface area contributed by atoms with Gasteiger partial charge in [0.2, 0.25) is 10.0 Å². The third-order valence-corrected chi connectivity index (χ3v) is 7.57. The van der Waals surface area contributed by atoms with E-state index in [2.05, 4.69) is 4.72 Å². The topological polar surface area (TPSA) is 83.5 Å². The number of hydrogen-bond donors (Lipinski definition) is 2. The molecule has 1 fully saturated rings. The van der Waals surface area contributed by atoms with Crippen LogP contribution in [0.2, 0.25) is 0 Å². The monoisotopic (exact) mass is 403 g/mol. The van der Waals surface area contributed by atoms with Crippen molar-refractivity contribution in [1.29, 1.82) is 0 Å². The number of sulfonamides is 1.